The Morgan fingerprint density at radius 1 is 1.33 bits per heavy atom. The fourth-order valence-electron chi connectivity index (χ4n) is 2.17. The first-order chi connectivity index (χ1) is 10.1. The Kier molecular flexibility index (Phi) is 4.87. The van der Waals surface area contributed by atoms with Crippen molar-refractivity contribution in [2.24, 2.45) is 0 Å². The van der Waals surface area contributed by atoms with Crippen LogP contribution in [-0.2, 0) is 13.1 Å². The van der Waals surface area contributed by atoms with Crippen molar-refractivity contribution in [3.63, 3.8) is 0 Å². The third kappa shape index (κ3) is 3.78. The van der Waals surface area contributed by atoms with Crippen molar-refractivity contribution >= 4 is 11.6 Å². The first-order valence-corrected chi connectivity index (χ1v) is 7.00. The number of nitrogen functional groups attached to an aromatic ring is 1. The topological polar surface area (TPSA) is 69.3 Å². The Hall–Kier alpha value is -2.43. The molecule has 2 rings (SSSR count). The number of amides is 1. The fraction of sp³-hybridized carbons (Fsp3) is 0.312. The molecule has 1 aromatic carbocycles. The molecule has 0 aliphatic heterocycles. The summed E-state index contributed by atoms with van der Waals surface area (Å²) in [6, 6.07) is 9.31. The molecule has 0 bridgehead atoms. The minimum absolute atomic E-state index is 0.115. The van der Waals surface area contributed by atoms with Crippen LogP contribution in [0, 0.1) is 0 Å². The lowest BCUT2D eigenvalue weighted by atomic mass is 10.2. The van der Waals surface area contributed by atoms with E-state index in [1.165, 1.54) is 0 Å². The zero-order valence-electron chi connectivity index (χ0n) is 12.4. The minimum atomic E-state index is -0.115. The minimum Gasteiger partial charge on any atom is -0.497 e. The number of methoxy groups -OCH3 is 1. The predicted molar refractivity (Wildman–Crippen MR) is 83.3 cm³/mol. The van der Waals surface area contributed by atoms with Crippen LogP contribution in [0.25, 0.3) is 0 Å². The van der Waals surface area contributed by atoms with Gasteiger partial charge in [-0.2, -0.15) is 0 Å². The molecule has 1 heterocycles. The zero-order chi connectivity index (χ0) is 15.2. The summed E-state index contributed by atoms with van der Waals surface area (Å²) in [5, 5.41) is 2.91. The van der Waals surface area contributed by atoms with Gasteiger partial charge in [0.15, 0.2) is 0 Å². The molecule has 5 nitrogen and oxygen atoms in total. The lowest BCUT2D eigenvalue weighted by molar-refractivity contribution is 0.0941. The van der Waals surface area contributed by atoms with E-state index in [1.54, 1.807) is 19.4 Å². The van der Waals surface area contributed by atoms with Crippen molar-refractivity contribution in [1.82, 2.24) is 9.88 Å². The quantitative estimate of drug-likeness (QED) is 0.857. The average Bonchev–Trinajstić information content (AvgIpc) is 2.86. The summed E-state index contributed by atoms with van der Waals surface area (Å²) < 4.78 is 6.99. The molecule has 0 saturated carbocycles. The first kappa shape index (κ1) is 15.0. The van der Waals surface area contributed by atoms with E-state index in [1.807, 2.05) is 28.8 Å². The van der Waals surface area contributed by atoms with Gasteiger partial charge in [-0.05, 0) is 30.2 Å². The number of aromatic nitrogens is 1. The Bertz CT molecular complexity index is 602. The van der Waals surface area contributed by atoms with E-state index < -0.39 is 0 Å². The number of ether oxygens (including phenoxy) is 1. The SMILES string of the molecule is CCCn1cc(N)cc1C(=O)NCc1ccc(OC)cc1. The van der Waals surface area contributed by atoms with E-state index in [0.29, 0.717) is 17.9 Å². The number of anilines is 1. The van der Waals surface area contributed by atoms with Crippen LogP contribution in [-0.4, -0.2) is 17.6 Å². The second-order valence-corrected chi connectivity index (χ2v) is 4.88. The maximum atomic E-state index is 12.2. The van der Waals surface area contributed by atoms with Crippen LogP contribution in [0.3, 0.4) is 0 Å². The van der Waals surface area contributed by atoms with Gasteiger partial charge in [-0.15, -0.1) is 0 Å². The van der Waals surface area contributed by atoms with Crippen molar-refractivity contribution in [2.75, 3.05) is 12.8 Å². The summed E-state index contributed by atoms with van der Waals surface area (Å²) in [4.78, 5) is 12.2. The molecule has 21 heavy (non-hydrogen) atoms. The normalized spacial score (nSPS) is 10.4. The molecular formula is C16H21N3O2. The summed E-state index contributed by atoms with van der Waals surface area (Å²) >= 11 is 0. The second kappa shape index (κ2) is 6.83. The summed E-state index contributed by atoms with van der Waals surface area (Å²) in [6.07, 6.45) is 2.75. The van der Waals surface area contributed by atoms with Gasteiger partial charge in [0.05, 0.1) is 12.8 Å². The number of hydrogen-bond acceptors (Lipinski definition) is 3. The van der Waals surface area contributed by atoms with Crippen LogP contribution in [0.4, 0.5) is 5.69 Å². The standard InChI is InChI=1S/C16H21N3O2/c1-3-8-19-11-13(17)9-15(19)16(20)18-10-12-4-6-14(21-2)7-5-12/h4-7,9,11H,3,8,10,17H2,1-2H3,(H,18,20). The van der Waals surface area contributed by atoms with Gasteiger partial charge in [0.1, 0.15) is 11.4 Å². The third-order valence-electron chi connectivity index (χ3n) is 3.23. The van der Waals surface area contributed by atoms with E-state index in [4.69, 9.17) is 10.5 Å². The molecule has 0 atom stereocenters. The van der Waals surface area contributed by atoms with Gasteiger partial charge < -0.3 is 20.4 Å². The monoisotopic (exact) mass is 287 g/mol. The largest absolute Gasteiger partial charge is 0.497 e. The number of hydrogen-bond donors (Lipinski definition) is 2. The number of rotatable bonds is 6. The van der Waals surface area contributed by atoms with Gasteiger partial charge in [-0.1, -0.05) is 19.1 Å². The molecular weight excluding hydrogens is 266 g/mol. The van der Waals surface area contributed by atoms with Crippen LogP contribution in [0.5, 0.6) is 5.75 Å². The highest BCUT2D eigenvalue weighted by molar-refractivity contribution is 5.93. The van der Waals surface area contributed by atoms with Crippen LogP contribution >= 0.6 is 0 Å². The number of aryl methyl sites for hydroxylation is 1. The van der Waals surface area contributed by atoms with E-state index >= 15 is 0 Å². The van der Waals surface area contributed by atoms with Crippen molar-refractivity contribution in [1.29, 1.82) is 0 Å². The fourth-order valence-corrected chi connectivity index (χ4v) is 2.17. The maximum Gasteiger partial charge on any atom is 0.268 e. The van der Waals surface area contributed by atoms with E-state index in [9.17, 15) is 4.79 Å². The molecule has 3 N–H and O–H groups in total. The number of carbonyl (C=O) groups is 1. The summed E-state index contributed by atoms with van der Waals surface area (Å²) in [5.41, 5.74) is 8.00. The third-order valence-corrected chi connectivity index (χ3v) is 3.23. The van der Waals surface area contributed by atoms with Crippen molar-refractivity contribution < 1.29 is 9.53 Å². The highest BCUT2D eigenvalue weighted by Gasteiger charge is 2.12. The molecule has 2 aromatic rings. The van der Waals surface area contributed by atoms with E-state index in [0.717, 1.165) is 24.3 Å². The lowest BCUT2D eigenvalue weighted by Gasteiger charge is -2.09. The van der Waals surface area contributed by atoms with Gasteiger partial charge in [0.25, 0.3) is 5.91 Å². The van der Waals surface area contributed by atoms with Gasteiger partial charge in [0.2, 0.25) is 0 Å². The Balaban J connectivity index is 2.00. The number of nitrogens with one attached hydrogen (secondary N) is 1. The molecule has 0 spiro atoms. The van der Waals surface area contributed by atoms with Crippen LogP contribution in [0.2, 0.25) is 0 Å². The zero-order valence-corrected chi connectivity index (χ0v) is 12.4. The summed E-state index contributed by atoms with van der Waals surface area (Å²) in [6.45, 7) is 3.32. The number of nitrogens with zero attached hydrogens (tertiary/aromatic N) is 1. The first-order valence-electron chi connectivity index (χ1n) is 7.00. The number of carbonyl (C=O) groups excluding carboxylic acids is 1. The molecule has 0 unspecified atom stereocenters. The molecule has 0 fully saturated rings. The van der Waals surface area contributed by atoms with Gasteiger partial charge >= 0.3 is 0 Å². The lowest BCUT2D eigenvalue weighted by Crippen LogP contribution is -2.25. The molecule has 5 heteroatoms. The number of benzene rings is 1. The Morgan fingerprint density at radius 3 is 2.67 bits per heavy atom. The summed E-state index contributed by atoms with van der Waals surface area (Å²) in [7, 11) is 1.63. The average molecular weight is 287 g/mol. The van der Waals surface area contributed by atoms with Gasteiger partial charge in [-0.25, -0.2) is 0 Å². The predicted octanol–water partition coefficient (Wildman–Crippen LogP) is 2.42. The van der Waals surface area contributed by atoms with E-state index in [2.05, 4.69) is 12.2 Å². The Morgan fingerprint density at radius 2 is 2.05 bits per heavy atom. The smallest absolute Gasteiger partial charge is 0.268 e. The van der Waals surface area contributed by atoms with E-state index in [-0.39, 0.29) is 5.91 Å². The molecule has 112 valence electrons. The second-order valence-electron chi connectivity index (χ2n) is 4.88. The van der Waals surface area contributed by atoms with Crippen LogP contribution in [0.1, 0.15) is 29.4 Å². The van der Waals surface area contributed by atoms with Gasteiger partial charge in [0, 0.05) is 19.3 Å². The highest BCUT2D eigenvalue weighted by Crippen LogP contribution is 2.13. The summed E-state index contributed by atoms with van der Waals surface area (Å²) in [5.74, 6) is 0.686. The molecule has 1 amide bonds. The van der Waals surface area contributed by atoms with Crippen molar-refractivity contribution in [3.05, 3.63) is 47.8 Å². The molecule has 0 radical (unpaired) electrons. The molecule has 0 aliphatic rings. The maximum absolute atomic E-state index is 12.2. The molecule has 1 aromatic heterocycles. The van der Waals surface area contributed by atoms with Crippen LogP contribution in [0.15, 0.2) is 36.5 Å². The molecule has 0 saturated heterocycles. The van der Waals surface area contributed by atoms with Crippen LogP contribution < -0.4 is 15.8 Å². The number of nitrogens with two attached hydrogens (primary N) is 1. The Labute approximate surface area is 124 Å². The van der Waals surface area contributed by atoms with Crippen molar-refractivity contribution in [3.8, 4) is 5.75 Å². The highest BCUT2D eigenvalue weighted by atomic mass is 16.5. The molecule has 0 aliphatic carbocycles. The van der Waals surface area contributed by atoms with Gasteiger partial charge in [-0.3, -0.25) is 4.79 Å². The van der Waals surface area contributed by atoms with Crippen molar-refractivity contribution in [2.45, 2.75) is 26.4 Å².